The highest BCUT2D eigenvalue weighted by atomic mass is 16.5. The van der Waals surface area contributed by atoms with Crippen molar-refractivity contribution in [3.8, 4) is 5.75 Å². The zero-order valence-corrected chi connectivity index (χ0v) is 19.5. The molecule has 4 aromatic carbocycles. The van der Waals surface area contributed by atoms with Crippen molar-refractivity contribution in [2.24, 2.45) is 0 Å². The van der Waals surface area contributed by atoms with Gasteiger partial charge in [-0.1, -0.05) is 66.7 Å². The van der Waals surface area contributed by atoms with E-state index >= 15 is 0 Å². The van der Waals surface area contributed by atoms with E-state index in [1.165, 1.54) is 5.39 Å². The number of benzene rings is 4. The van der Waals surface area contributed by atoms with Crippen molar-refractivity contribution in [3.05, 3.63) is 103 Å². The molecule has 1 aliphatic rings. The van der Waals surface area contributed by atoms with Gasteiger partial charge < -0.3 is 14.2 Å². The number of anilines is 1. The molecule has 5 aromatic rings. The van der Waals surface area contributed by atoms with E-state index in [1.54, 1.807) is 0 Å². The number of imidazole rings is 1. The lowest BCUT2D eigenvalue weighted by Gasteiger charge is -2.17. The van der Waals surface area contributed by atoms with Crippen LogP contribution in [0.1, 0.15) is 24.6 Å². The first kappa shape index (κ1) is 21.4. The van der Waals surface area contributed by atoms with E-state index in [4.69, 9.17) is 9.72 Å². The lowest BCUT2D eigenvalue weighted by atomic mass is 10.1. The van der Waals surface area contributed by atoms with Gasteiger partial charge in [-0.05, 0) is 42.1 Å². The van der Waals surface area contributed by atoms with E-state index in [9.17, 15) is 4.79 Å². The van der Waals surface area contributed by atoms with Crippen LogP contribution in [0, 0.1) is 0 Å². The molecule has 5 nitrogen and oxygen atoms in total. The number of ether oxygens (including phenoxy) is 1. The molecule has 0 radical (unpaired) electrons. The summed E-state index contributed by atoms with van der Waals surface area (Å²) in [6.45, 7) is 2.05. The molecule has 0 aliphatic carbocycles. The summed E-state index contributed by atoms with van der Waals surface area (Å²) in [7, 11) is 0. The maximum Gasteiger partial charge on any atom is 0.227 e. The van der Waals surface area contributed by atoms with Crippen molar-refractivity contribution in [3.63, 3.8) is 0 Å². The fourth-order valence-corrected chi connectivity index (χ4v) is 5.11. The third-order valence-corrected chi connectivity index (χ3v) is 6.78. The van der Waals surface area contributed by atoms with Gasteiger partial charge in [0.25, 0.3) is 0 Å². The summed E-state index contributed by atoms with van der Waals surface area (Å²) in [6, 6.07) is 32.6. The van der Waals surface area contributed by atoms with Crippen LogP contribution in [0.15, 0.2) is 97.1 Å². The minimum atomic E-state index is 0.0640. The first-order valence-electron chi connectivity index (χ1n) is 12.2. The number of hydrogen-bond acceptors (Lipinski definition) is 3. The summed E-state index contributed by atoms with van der Waals surface area (Å²) in [5.41, 5.74) is 3.03. The van der Waals surface area contributed by atoms with Crippen LogP contribution in [0.2, 0.25) is 0 Å². The molecule has 35 heavy (non-hydrogen) atoms. The maximum atomic E-state index is 12.9. The van der Waals surface area contributed by atoms with E-state index in [0.29, 0.717) is 19.6 Å². The number of fused-ring (bicyclic) bond motifs is 2. The Hall–Kier alpha value is -4.12. The highest BCUT2D eigenvalue weighted by molar-refractivity contribution is 5.96. The van der Waals surface area contributed by atoms with Gasteiger partial charge in [-0.2, -0.15) is 0 Å². The molecule has 1 aliphatic heterocycles. The van der Waals surface area contributed by atoms with Gasteiger partial charge in [0.15, 0.2) is 0 Å². The summed E-state index contributed by atoms with van der Waals surface area (Å²) in [5.74, 6) is 2.12. The Labute approximate surface area is 204 Å². The van der Waals surface area contributed by atoms with Crippen molar-refractivity contribution in [2.75, 3.05) is 18.1 Å². The minimum absolute atomic E-state index is 0.0640. The minimum Gasteiger partial charge on any atom is -0.493 e. The van der Waals surface area contributed by atoms with Crippen molar-refractivity contribution in [1.82, 2.24) is 9.55 Å². The first-order valence-corrected chi connectivity index (χ1v) is 12.2. The van der Waals surface area contributed by atoms with Crippen LogP contribution in [0.4, 0.5) is 5.69 Å². The van der Waals surface area contributed by atoms with Crippen molar-refractivity contribution >= 4 is 33.4 Å². The molecule has 6 rings (SSSR count). The average Bonchev–Trinajstić information content (AvgIpc) is 3.47. The van der Waals surface area contributed by atoms with Crippen molar-refractivity contribution < 1.29 is 9.53 Å². The molecule has 1 aromatic heterocycles. The standard InChI is InChI=1S/C30H27N3O2/c34-29-20-23(21-33(29)24-12-2-1-3-13-24)30-31-26-15-6-7-16-27(26)32(30)18-9-19-35-28-17-8-11-22-10-4-5-14-25(22)28/h1-8,10-17,23H,9,18-21H2. The molecule has 1 saturated heterocycles. The number of carbonyl (C=O) groups excluding carboxylic acids is 1. The highest BCUT2D eigenvalue weighted by Crippen LogP contribution is 2.33. The molecular formula is C30H27N3O2. The van der Waals surface area contributed by atoms with Crippen LogP contribution in [0.5, 0.6) is 5.75 Å². The molecule has 2 heterocycles. The van der Waals surface area contributed by atoms with E-state index in [1.807, 2.05) is 77.7 Å². The van der Waals surface area contributed by atoms with E-state index in [0.717, 1.165) is 46.6 Å². The number of carbonyl (C=O) groups is 1. The summed E-state index contributed by atoms with van der Waals surface area (Å²) >= 11 is 0. The van der Waals surface area contributed by atoms with Gasteiger partial charge >= 0.3 is 0 Å². The number of aromatic nitrogens is 2. The maximum absolute atomic E-state index is 12.9. The molecule has 1 fully saturated rings. The Morgan fingerprint density at radius 1 is 0.857 bits per heavy atom. The first-order chi connectivity index (χ1) is 17.3. The largest absolute Gasteiger partial charge is 0.493 e. The van der Waals surface area contributed by atoms with Crippen molar-refractivity contribution in [1.29, 1.82) is 0 Å². The van der Waals surface area contributed by atoms with Gasteiger partial charge in [0, 0.05) is 36.5 Å². The Morgan fingerprint density at radius 3 is 2.54 bits per heavy atom. The summed E-state index contributed by atoms with van der Waals surface area (Å²) in [6.07, 6.45) is 1.32. The van der Waals surface area contributed by atoms with E-state index in [2.05, 4.69) is 28.8 Å². The van der Waals surface area contributed by atoms with Crippen LogP contribution in [-0.2, 0) is 11.3 Å². The normalized spacial score (nSPS) is 15.8. The van der Waals surface area contributed by atoms with Gasteiger partial charge in [0.1, 0.15) is 11.6 Å². The average molecular weight is 462 g/mol. The number of rotatable bonds is 7. The number of aryl methyl sites for hydroxylation is 1. The SMILES string of the molecule is O=C1CC(c2nc3ccccc3n2CCCOc2cccc3ccccc23)CN1c1ccccc1. The molecule has 1 amide bonds. The van der Waals surface area contributed by atoms with E-state index in [-0.39, 0.29) is 11.8 Å². The molecule has 1 unspecified atom stereocenters. The molecular weight excluding hydrogens is 434 g/mol. The van der Waals surface area contributed by atoms with Gasteiger partial charge in [-0.25, -0.2) is 4.98 Å². The Morgan fingerprint density at radius 2 is 1.63 bits per heavy atom. The van der Waals surface area contributed by atoms with Gasteiger partial charge in [0.05, 0.1) is 17.6 Å². The molecule has 5 heteroatoms. The zero-order chi connectivity index (χ0) is 23.6. The zero-order valence-electron chi connectivity index (χ0n) is 19.5. The predicted octanol–water partition coefficient (Wildman–Crippen LogP) is 6.18. The lowest BCUT2D eigenvalue weighted by Crippen LogP contribution is -2.24. The molecule has 174 valence electrons. The van der Waals surface area contributed by atoms with Crippen molar-refractivity contribution in [2.45, 2.75) is 25.3 Å². The summed E-state index contributed by atoms with van der Waals surface area (Å²) in [5, 5.41) is 2.32. The summed E-state index contributed by atoms with van der Waals surface area (Å²) < 4.78 is 8.48. The topological polar surface area (TPSA) is 47.4 Å². The molecule has 0 spiro atoms. The molecule has 0 N–H and O–H groups in total. The van der Waals surface area contributed by atoms with Gasteiger partial charge in [-0.15, -0.1) is 0 Å². The Kier molecular flexibility index (Phi) is 5.67. The van der Waals surface area contributed by atoms with Crippen LogP contribution < -0.4 is 9.64 Å². The van der Waals surface area contributed by atoms with Crippen LogP contribution in [-0.4, -0.2) is 28.6 Å². The third kappa shape index (κ3) is 4.14. The van der Waals surface area contributed by atoms with Gasteiger partial charge in [0.2, 0.25) is 5.91 Å². The fraction of sp³-hybridized carbons (Fsp3) is 0.200. The second-order valence-corrected chi connectivity index (χ2v) is 9.03. The van der Waals surface area contributed by atoms with Crippen LogP contribution in [0.25, 0.3) is 21.8 Å². The second kappa shape index (κ2) is 9.26. The van der Waals surface area contributed by atoms with Crippen LogP contribution in [0.3, 0.4) is 0 Å². The number of nitrogens with zero attached hydrogens (tertiary/aromatic N) is 3. The number of para-hydroxylation sites is 3. The monoisotopic (exact) mass is 461 g/mol. The quantitative estimate of drug-likeness (QED) is 0.272. The Bertz CT molecular complexity index is 1490. The third-order valence-electron chi connectivity index (χ3n) is 6.78. The molecule has 1 atom stereocenters. The molecule has 0 bridgehead atoms. The summed E-state index contributed by atoms with van der Waals surface area (Å²) in [4.78, 5) is 19.7. The number of amides is 1. The number of hydrogen-bond donors (Lipinski definition) is 0. The molecule has 0 saturated carbocycles. The highest BCUT2D eigenvalue weighted by Gasteiger charge is 2.34. The Balaban J connectivity index is 1.21. The second-order valence-electron chi connectivity index (χ2n) is 9.03. The lowest BCUT2D eigenvalue weighted by molar-refractivity contribution is -0.117. The van der Waals surface area contributed by atoms with Gasteiger partial charge in [-0.3, -0.25) is 4.79 Å². The predicted molar refractivity (Wildman–Crippen MR) is 140 cm³/mol. The fourth-order valence-electron chi connectivity index (χ4n) is 5.11. The smallest absolute Gasteiger partial charge is 0.227 e. The van der Waals surface area contributed by atoms with E-state index < -0.39 is 0 Å². The van der Waals surface area contributed by atoms with Crippen LogP contribution >= 0.6 is 0 Å².